The summed E-state index contributed by atoms with van der Waals surface area (Å²) in [6.45, 7) is 2.81. The maximum absolute atomic E-state index is 15.1. The zero-order chi connectivity index (χ0) is 27.0. The van der Waals surface area contributed by atoms with E-state index in [0.29, 0.717) is 31.7 Å². The van der Waals surface area contributed by atoms with E-state index >= 15 is 4.39 Å². The van der Waals surface area contributed by atoms with E-state index in [1.54, 1.807) is 11.0 Å². The molecule has 2 aliphatic rings. The number of hydrogen-bond acceptors (Lipinski definition) is 4. The number of rotatable bonds is 10. The van der Waals surface area contributed by atoms with Gasteiger partial charge in [0, 0.05) is 43.2 Å². The Labute approximate surface area is 224 Å². The SMILES string of the molecule is C[C@@H](N)[C@H](CC1CCCCC1)NC(=O)N1CCC[C@@H]([C@@](O)(CCCNC(=O)O)c2cccc(Cl)c2F)C1. The summed E-state index contributed by atoms with van der Waals surface area (Å²) in [5, 5.41) is 26.1. The highest BCUT2D eigenvalue weighted by Gasteiger charge is 2.43. The van der Waals surface area contributed by atoms with Crippen LogP contribution in [0.2, 0.25) is 5.02 Å². The van der Waals surface area contributed by atoms with Crippen LogP contribution in [-0.2, 0) is 5.60 Å². The van der Waals surface area contributed by atoms with E-state index in [0.717, 1.165) is 6.42 Å². The molecular formula is C27H42ClFN4O4. The molecule has 208 valence electrons. The van der Waals surface area contributed by atoms with Crippen molar-refractivity contribution in [3.8, 4) is 0 Å². The summed E-state index contributed by atoms with van der Waals surface area (Å²) in [5.74, 6) is -0.574. The number of carbonyl (C=O) groups is 2. The zero-order valence-corrected chi connectivity index (χ0v) is 22.5. The van der Waals surface area contributed by atoms with Crippen LogP contribution in [0.1, 0.15) is 76.7 Å². The second kappa shape index (κ2) is 13.6. The number of halogens is 2. The van der Waals surface area contributed by atoms with Crippen LogP contribution >= 0.6 is 11.6 Å². The second-order valence-corrected chi connectivity index (χ2v) is 11.2. The van der Waals surface area contributed by atoms with Gasteiger partial charge in [-0.15, -0.1) is 0 Å². The fourth-order valence-electron chi connectivity index (χ4n) is 5.94. The number of nitrogens with two attached hydrogens (primary N) is 1. The Kier molecular flexibility index (Phi) is 10.8. The quantitative estimate of drug-likeness (QED) is 0.272. The number of carbonyl (C=O) groups excluding carboxylic acids is 1. The number of amides is 3. The van der Waals surface area contributed by atoms with Crippen molar-refractivity contribution in [3.05, 3.63) is 34.6 Å². The number of piperidine rings is 1. The molecule has 3 amide bonds. The molecule has 0 unspecified atom stereocenters. The van der Waals surface area contributed by atoms with E-state index in [1.165, 1.54) is 44.2 Å². The van der Waals surface area contributed by atoms with Gasteiger partial charge in [0.05, 0.1) is 10.6 Å². The smallest absolute Gasteiger partial charge is 0.404 e. The maximum Gasteiger partial charge on any atom is 0.404 e. The molecule has 1 aliphatic heterocycles. The number of carboxylic acid groups (broad SMARTS) is 1. The third-order valence-corrected chi connectivity index (χ3v) is 8.36. The Morgan fingerprint density at radius 3 is 2.65 bits per heavy atom. The number of urea groups is 1. The minimum absolute atomic E-state index is 0.0772. The van der Waals surface area contributed by atoms with Crippen LogP contribution < -0.4 is 16.4 Å². The predicted molar refractivity (Wildman–Crippen MR) is 142 cm³/mol. The summed E-state index contributed by atoms with van der Waals surface area (Å²) in [6.07, 6.45) is 7.41. The molecule has 3 rings (SSSR count). The Hall–Kier alpha value is -2.10. The average Bonchev–Trinajstić information content (AvgIpc) is 2.88. The molecule has 2 fully saturated rings. The first-order valence-electron chi connectivity index (χ1n) is 13.6. The van der Waals surface area contributed by atoms with E-state index in [2.05, 4.69) is 10.6 Å². The van der Waals surface area contributed by atoms with Crippen molar-refractivity contribution < 1.29 is 24.2 Å². The topological polar surface area (TPSA) is 128 Å². The van der Waals surface area contributed by atoms with Gasteiger partial charge in [0.1, 0.15) is 5.82 Å². The fourth-order valence-corrected chi connectivity index (χ4v) is 6.11. The first-order chi connectivity index (χ1) is 17.6. The molecule has 1 heterocycles. The summed E-state index contributed by atoms with van der Waals surface area (Å²) in [7, 11) is 0. The van der Waals surface area contributed by atoms with Crippen molar-refractivity contribution in [2.24, 2.45) is 17.6 Å². The summed E-state index contributed by atoms with van der Waals surface area (Å²) in [5.41, 5.74) is 4.71. The highest BCUT2D eigenvalue weighted by atomic mass is 35.5. The summed E-state index contributed by atoms with van der Waals surface area (Å²) in [4.78, 5) is 25.9. The molecule has 1 aromatic rings. The molecular weight excluding hydrogens is 499 g/mol. The molecule has 1 aliphatic carbocycles. The van der Waals surface area contributed by atoms with Crippen LogP contribution in [0.5, 0.6) is 0 Å². The van der Waals surface area contributed by atoms with Crippen molar-refractivity contribution in [1.29, 1.82) is 0 Å². The van der Waals surface area contributed by atoms with Gasteiger partial charge < -0.3 is 31.5 Å². The van der Waals surface area contributed by atoms with Crippen molar-refractivity contribution in [1.82, 2.24) is 15.5 Å². The summed E-state index contributed by atoms with van der Waals surface area (Å²) in [6, 6.07) is 3.99. The third-order valence-electron chi connectivity index (χ3n) is 8.07. The molecule has 6 N–H and O–H groups in total. The molecule has 8 nitrogen and oxygen atoms in total. The largest absolute Gasteiger partial charge is 0.465 e. The molecule has 0 radical (unpaired) electrons. The van der Waals surface area contributed by atoms with Gasteiger partial charge in [-0.25, -0.2) is 14.0 Å². The van der Waals surface area contributed by atoms with Crippen molar-refractivity contribution in [2.75, 3.05) is 19.6 Å². The summed E-state index contributed by atoms with van der Waals surface area (Å²) < 4.78 is 15.1. The predicted octanol–water partition coefficient (Wildman–Crippen LogP) is 4.82. The number of aliphatic hydroxyl groups is 1. The van der Waals surface area contributed by atoms with Crippen LogP contribution in [0.25, 0.3) is 0 Å². The molecule has 0 aromatic heterocycles. The van der Waals surface area contributed by atoms with E-state index in [4.69, 9.17) is 22.4 Å². The number of hydrogen-bond donors (Lipinski definition) is 5. The molecule has 4 atom stereocenters. The fraction of sp³-hybridized carbons (Fsp3) is 0.704. The summed E-state index contributed by atoms with van der Waals surface area (Å²) >= 11 is 6.05. The maximum atomic E-state index is 15.1. The third kappa shape index (κ3) is 7.94. The van der Waals surface area contributed by atoms with Gasteiger partial charge in [-0.3, -0.25) is 0 Å². The van der Waals surface area contributed by atoms with E-state index in [1.807, 2.05) is 6.92 Å². The van der Waals surface area contributed by atoms with Crippen LogP contribution in [-0.4, -0.2) is 59.0 Å². The van der Waals surface area contributed by atoms with Crippen molar-refractivity contribution in [3.63, 3.8) is 0 Å². The Balaban J connectivity index is 1.74. The minimum Gasteiger partial charge on any atom is -0.465 e. The van der Waals surface area contributed by atoms with Gasteiger partial charge in [-0.05, 0) is 51.0 Å². The molecule has 1 aromatic carbocycles. The number of nitrogens with zero attached hydrogens (tertiary/aromatic N) is 1. The molecule has 1 saturated heterocycles. The van der Waals surface area contributed by atoms with Gasteiger partial charge in [0.25, 0.3) is 0 Å². The molecule has 0 spiro atoms. The number of nitrogens with one attached hydrogen (secondary N) is 2. The van der Waals surface area contributed by atoms with Gasteiger partial charge >= 0.3 is 12.1 Å². The Bertz CT molecular complexity index is 914. The number of benzene rings is 1. The van der Waals surface area contributed by atoms with E-state index in [-0.39, 0.29) is 48.2 Å². The molecule has 0 bridgehead atoms. The monoisotopic (exact) mass is 540 g/mol. The first kappa shape index (κ1) is 29.5. The van der Waals surface area contributed by atoms with Gasteiger partial charge in [-0.2, -0.15) is 0 Å². The van der Waals surface area contributed by atoms with Crippen LogP contribution in [0.3, 0.4) is 0 Å². The van der Waals surface area contributed by atoms with Gasteiger partial charge in [0.2, 0.25) is 0 Å². The average molecular weight is 541 g/mol. The van der Waals surface area contributed by atoms with E-state index in [9.17, 15) is 14.7 Å². The van der Waals surface area contributed by atoms with E-state index < -0.39 is 23.4 Å². The number of likely N-dealkylation sites (tertiary alicyclic amines) is 1. The standard InChI is InChI=1S/C27H42ClFN4O4/c1-18(30)23(16-19-8-3-2-4-9-19)32-25(34)33-15-6-10-20(17-33)27(37,13-7-14-31-26(35)36)21-11-5-12-22(28)24(21)29/h5,11-12,18-20,23,31,37H,2-4,6-10,13-17,30H2,1H3,(H,32,34)(H,35,36)/t18-,20-,23+,27+/m1/s1. The lowest BCUT2D eigenvalue weighted by molar-refractivity contribution is -0.0576. The lowest BCUT2D eigenvalue weighted by atomic mass is 9.74. The van der Waals surface area contributed by atoms with Gasteiger partial charge in [0.15, 0.2) is 0 Å². The lowest BCUT2D eigenvalue weighted by Crippen LogP contribution is -2.55. The highest BCUT2D eigenvalue weighted by molar-refractivity contribution is 6.30. The lowest BCUT2D eigenvalue weighted by Gasteiger charge is -2.43. The minimum atomic E-state index is -1.61. The zero-order valence-electron chi connectivity index (χ0n) is 21.7. The molecule has 10 heteroatoms. The Morgan fingerprint density at radius 1 is 1.24 bits per heavy atom. The first-order valence-corrected chi connectivity index (χ1v) is 13.9. The molecule has 37 heavy (non-hydrogen) atoms. The molecule has 1 saturated carbocycles. The van der Waals surface area contributed by atoms with Crippen molar-refractivity contribution in [2.45, 2.75) is 88.8 Å². The van der Waals surface area contributed by atoms with Crippen molar-refractivity contribution >= 4 is 23.7 Å². The van der Waals surface area contributed by atoms with Crippen LogP contribution in [0, 0.1) is 17.7 Å². The normalized spacial score (nSPS) is 22.1. The second-order valence-electron chi connectivity index (χ2n) is 10.8. The Morgan fingerprint density at radius 2 is 1.97 bits per heavy atom. The van der Waals surface area contributed by atoms with Gasteiger partial charge in [-0.1, -0.05) is 55.8 Å². The van der Waals surface area contributed by atoms with Crippen LogP contribution in [0.15, 0.2) is 18.2 Å². The van der Waals surface area contributed by atoms with Crippen LogP contribution in [0.4, 0.5) is 14.0 Å². The highest BCUT2D eigenvalue weighted by Crippen LogP contribution is 2.41.